The van der Waals surface area contributed by atoms with Crippen LogP contribution in [-0.2, 0) is 4.12 Å². The molecule has 11 heteroatoms. The molecule has 0 aliphatic carbocycles. The van der Waals surface area contributed by atoms with Crippen molar-refractivity contribution in [1.82, 2.24) is 0 Å². The van der Waals surface area contributed by atoms with Crippen molar-refractivity contribution in [2.24, 2.45) is 0 Å². The molecule has 0 fully saturated rings. The van der Waals surface area contributed by atoms with Gasteiger partial charge in [0.15, 0.2) is 0 Å². The first-order chi connectivity index (χ1) is 7.48. The van der Waals surface area contributed by atoms with Gasteiger partial charge >= 0.3 is 39.0 Å². The first-order valence-electron chi connectivity index (χ1n) is 4.12. The maximum absolute atomic E-state index is 10.8. The van der Waals surface area contributed by atoms with Crippen molar-refractivity contribution in [3.05, 3.63) is 0 Å². The van der Waals surface area contributed by atoms with Gasteiger partial charge in [0.2, 0.25) is 0 Å². The van der Waals surface area contributed by atoms with Gasteiger partial charge in [-0.05, 0) is 13.1 Å². The Hall–Kier alpha value is -1.73. The summed E-state index contributed by atoms with van der Waals surface area (Å²) in [6, 6.07) is 0. The van der Waals surface area contributed by atoms with E-state index < -0.39 is 39.0 Å². The molecule has 0 rings (SSSR count). The van der Waals surface area contributed by atoms with Gasteiger partial charge in [0.05, 0.1) is 0 Å². The highest BCUT2D eigenvalue weighted by molar-refractivity contribution is 7.28. The molecule has 0 spiro atoms. The molecule has 0 heterocycles. The summed E-state index contributed by atoms with van der Waals surface area (Å²) in [7, 11) is -9.06. The van der Waals surface area contributed by atoms with E-state index in [1.54, 1.807) is 0 Å². The minimum Gasteiger partial charge on any atom is -0.483 e. The average molecular weight is 282 g/mol. The van der Waals surface area contributed by atoms with E-state index in [9.17, 15) is 19.2 Å². The second kappa shape index (κ2) is 4.64. The summed E-state index contributed by atoms with van der Waals surface area (Å²) >= 11 is 0. The Bertz CT molecular complexity index is 325. The van der Waals surface area contributed by atoms with Crippen LogP contribution in [0.25, 0.3) is 0 Å². The summed E-state index contributed by atoms with van der Waals surface area (Å²) in [5.41, 5.74) is -7.37. The quantitative estimate of drug-likeness (QED) is 0.525. The van der Waals surface area contributed by atoms with Crippen LogP contribution < -0.4 is 0 Å². The van der Waals surface area contributed by atoms with Crippen LogP contribution in [0, 0.1) is 0 Å². The van der Waals surface area contributed by atoms with E-state index in [1.165, 1.54) is 0 Å². The fourth-order valence-corrected chi connectivity index (χ4v) is 5.79. The van der Waals surface area contributed by atoms with Crippen LogP contribution >= 0.6 is 0 Å². The van der Waals surface area contributed by atoms with Crippen molar-refractivity contribution in [2.45, 2.75) is 13.1 Å². The van der Waals surface area contributed by atoms with E-state index in [0.717, 1.165) is 13.1 Å². The second-order valence-corrected chi connectivity index (χ2v) is 10.0. The van der Waals surface area contributed by atoms with E-state index in [0.29, 0.717) is 0 Å². The maximum atomic E-state index is 10.8. The van der Waals surface area contributed by atoms with Gasteiger partial charge in [-0.2, -0.15) is 0 Å². The standard InChI is InChI=1S/C6H10O9Si2/c1-16(3(7)8,4(9)10)15-17(2,5(11)12)6(13)14/h1-2H3,(H,7,8)(H,9,10)(H,11,12)(H,13,14). The number of carboxylic acid groups (broad SMARTS) is 4. The molecule has 0 aromatic heterocycles. The molecule has 17 heavy (non-hydrogen) atoms. The fraction of sp³-hybridized carbons (Fsp3) is 0.333. The first-order valence-corrected chi connectivity index (χ1v) is 8.94. The van der Waals surface area contributed by atoms with Crippen LogP contribution in [-0.4, -0.2) is 59.4 Å². The van der Waals surface area contributed by atoms with Gasteiger partial charge in [-0.25, -0.2) is 0 Å². The predicted molar refractivity (Wildman–Crippen MR) is 56.4 cm³/mol. The van der Waals surface area contributed by atoms with Crippen LogP contribution in [0.3, 0.4) is 0 Å². The summed E-state index contributed by atoms with van der Waals surface area (Å²) in [6.07, 6.45) is 0. The fourth-order valence-electron chi connectivity index (χ4n) is 0.766. The molecule has 0 aliphatic heterocycles. The van der Waals surface area contributed by atoms with E-state index in [1.807, 2.05) is 0 Å². The second-order valence-electron chi connectivity index (χ2n) is 3.39. The molecule has 0 aromatic carbocycles. The molecule has 0 saturated carbocycles. The Morgan fingerprint density at radius 3 is 1.00 bits per heavy atom. The molecule has 0 saturated heterocycles. The van der Waals surface area contributed by atoms with Crippen molar-refractivity contribution in [1.29, 1.82) is 0 Å². The van der Waals surface area contributed by atoms with E-state index in [4.69, 9.17) is 20.4 Å². The van der Waals surface area contributed by atoms with Gasteiger partial charge < -0.3 is 24.5 Å². The molecule has 0 aliphatic rings. The highest BCUT2D eigenvalue weighted by Gasteiger charge is 2.60. The largest absolute Gasteiger partial charge is 0.483 e. The van der Waals surface area contributed by atoms with Crippen LogP contribution in [0.5, 0.6) is 0 Å². The zero-order chi connectivity index (χ0) is 14.0. The van der Waals surface area contributed by atoms with Crippen molar-refractivity contribution < 1.29 is 43.7 Å². The Balaban J connectivity index is 5.53. The molecule has 0 atom stereocenters. The van der Waals surface area contributed by atoms with E-state index >= 15 is 0 Å². The lowest BCUT2D eigenvalue weighted by Crippen LogP contribution is -2.64. The summed E-state index contributed by atoms with van der Waals surface area (Å²) in [5.74, 6) is 0. The predicted octanol–water partition coefficient (Wildman–Crippen LogP) is 1.19. The summed E-state index contributed by atoms with van der Waals surface area (Å²) in [6.45, 7) is 1.43. The minimum atomic E-state index is -4.53. The van der Waals surface area contributed by atoms with Gasteiger partial charge in [-0.3, -0.25) is 19.2 Å². The van der Waals surface area contributed by atoms with E-state index in [-0.39, 0.29) is 0 Å². The maximum Gasteiger partial charge on any atom is 0.428 e. The van der Waals surface area contributed by atoms with Crippen molar-refractivity contribution in [3.63, 3.8) is 0 Å². The Morgan fingerprint density at radius 1 is 0.706 bits per heavy atom. The molecule has 4 N–H and O–H groups in total. The van der Waals surface area contributed by atoms with Crippen LogP contribution in [0.15, 0.2) is 0 Å². The lowest BCUT2D eigenvalue weighted by molar-refractivity contribution is 0.196. The SMILES string of the molecule is C[Si](O[Si](C)(C(=O)O)C(=O)O)(C(=O)O)C(=O)O. The van der Waals surface area contributed by atoms with E-state index in [2.05, 4.69) is 4.12 Å². The molecule has 0 bridgehead atoms. The van der Waals surface area contributed by atoms with Gasteiger partial charge in [-0.1, -0.05) is 0 Å². The van der Waals surface area contributed by atoms with Crippen LogP contribution in [0.1, 0.15) is 0 Å². The third-order valence-electron chi connectivity index (χ3n) is 2.04. The number of hydrogen-bond acceptors (Lipinski definition) is 5. The minimum absolute atomic E-state index is 0.717. The molecular weight excluding hydrogens is 272 g/mol. The van der Waals surface area contributed by atoms with Crippen molar-refractivity contribution >= 4 is 39.0 Å². The molecular formula is C6H10O9Si2. The molecule has 0 radical (unpaired) electrons. The van der Waals surface area contributed by atoms with Crippen molar-refractivity contribution in [2.75, 3.05) is 0 Å². The highest BCUT2D eigenvalue weighted by Crippen LogP contribution is 2.18. The lowest BCUT2D eigenvalue weighted by Gasteiger charge is -2.25. The zero-order valence-electron chi connectivity index (χ0n) is 8.83. The molecule has 0 unspecified atom stereocenters. The monoisotopic (exact) mass is 282 g/mol. The average Bonchev–Trinajstić information content (AvgIpc) is 2.15. The molecule has 0 amide bonds. The molecule has 0 aromatic rings. The smallest absolute Gasteiger partial charge is 0.428 e. The van der Waals surface area contributed by atoms with Gasteiger partial charge in [0, 0.05) is 0 Å². The molecule has 9 nitrogen and oxygen atoms in total. The van der Waals surface area contributed by atoms with Crippen LogP contribution in [0.4, 0.5) is 19.2 Å². The van der Waals surface area contributed by atoms with Gasteiger partial charge in [0.25, 0.3) is 0 Å². The Labute approximate surface area is 96.5 Å². The number of carbonyl (C=O) groups is 4. The van der Waals surface area contributed by atoms with Gasteiger partial charge in [-0.15, -0.1) is 0 Å². The third kappa shape index (κ3) is 2.69. The highest BCUT2D eigenvalue weighted by atomic mass is 28.4. The Morgan fingerprint density at radius 2 is 0.882 bits per heavy atom. The van der Waals surface area contributed by atoms with Gasteiger partial charge in [0.1, 0.15) is 0 Å². The third-order valence-corrected chi connectivity index (χ3v) is 8.57. The normalized spacial score (nSPS) is 11.9. The number of hydrogen-bond donors (Lipinski definition) is 4. The zero-order valence-corrected chi connectivity index (χ0v) is 10.8. The Kier molecular flexibility index (Phi) is 4.17. The summed E-state index contributed by atoms with van der Waals surface area (Å²) in [4.78, 5) is 43.1. The number of rotatable bonds is 6. The van der Waals surface area contributed by atoms with Crippen molar-refractivity contribution in [3.8, 4) is 0 Å². The van der Waals surface area contributed by atoms with Crippen LogP contribution in [0.2, 0.25) is 13.1 Å². The summed E-state index contributed by atoms with van der Waals surface area (Å²) < 4.78 is 4.55. The first kappa shape index (κ1) is 15.3. The topological polar surface area (TPSA) is 158 Å². The molecule has 96 valence electrons. The summed E-state index contributed by atoms with van der Waals surface area (Å²) in [5, 5.41) is 34.9. The lowest BCUT2D eigenvalue weighted by atomic mass is 11.5.